The lowest BCUT2D eigenvalue weighted by Crippen LogP contribution is -2.28. The van der Waals surface area contributed by atoms with Crippen molar-refractivity contribution in [2.75, 3.05) is 11.9 Å². The van der Waals surface area contributed by atoms with E-state index in [1.165, 1.54) is 10.9 Å². The summed E-state index contributed by atoms with van der Waals surface area (Å²) in [6.07, 6.45) is 1.33. The molecular formula is C24H21N3O4S2. The molecule has 0 saturated carbocycles. The van der Waals surface area contributed by atoms with Crippen LogP contribution in [-0.2, 0) is 16.1 Å². The van der Waals surface area contributed by atoms with Gasteiger partial charge in [0.15, 0.2) is 0 Å². The highest BCUT2D eigenvalue weighted by Gasteiger charge is 2.21. The van der Waals surface area contributed by atoms with Crippen LogP contribution in [0.2, 0.25) is 0 Å². The van der Waals surface area contributed by atoms with E-state index in [0.717, 1.165) is 21.1 Å². The SMILES string of the molecule is CCOC(=O)c1sc2ncn(CC(=O)Nc3ccccc3Sc3ccccc3)c(=O)c2c1C. The van der Waals surface area contributed by atoms with E-state index < -0.39 is 5.97 Å². The zero-order valence-corrected chi connectivity index (χ0v) is 19.7. The van der Waals surface area contributed by atoms with Gasteiger partial charge in [0.05, 0.1) is 24.0 Å². The van der Waals surface area contributed by atoms with Crippen LogP contribution in [0.15, 0.2) is 75.5 Å². The minimum absolute atomic E-state index is 0.198. The number of amides is 1. The third-order valence-electron chi connectivity index (χ3n) is 4.82. The van der Waals surface area contributed by atoms with E-state index in [0.29, 0.717) is 26.3 Å². The van der Waals surface area contributed by atoms with Crippen LogP contribution >= 0.6 is 23.1 Å². The predicted octanol–water partition coefficient (Wildman–Crippen LogP) is 4.73. The fraction of sp³-hybridized carbons (Fsp3) is 0.167. The number of nitrogens with one attached hydrogen (secondary N) is 1. The van der Waals surface area contributed by atoms with Gasteiger partial charge in [0.1, 0.15) is 16.3 Å². The summed E-state index contributed by atoms with van der Waals surface area (Å²) in [5, 5.41) is 3.22. The minimum atomic E-state index is -0.478. The molecule has 33 heavy (non-hydrogen) atoms. The second-order valence-electron chi connectivity index (χ2n) is 7.09. The van der Waals surface area contributed by atoms with Gasteiger partial charge in [-0.3, -0.25) is 14.2 Å². The summed E-state index contributed by atoms with van der Waals surface area (Å²) in [6.45, 7) is 3.46. The molecule has 2 heterocycles. The van der Waals surface area contributed by atoms with Gasteiger partial charge in [-0.1, -0.05) is 42.1 Å². The Bertz CT molecular complexity index is 1380. The van der Waals surface area contributed by atoms with Gasteiger partial charge in [0.2, 0.25) is 5.91 Å². The number of aromatic nitrogens is 2. The first-order valence-electron chi connectivity index (χ1n) is 10.3. The van der Waals surface area contributed by atoms with Crippen LogP contribution in [0.4, 0.5) is 5.69 Å². The van der Waals surface area contributed by atoms with Gasteiger partial charge in [-0.05, 0) is 43.7 Å². The van der Waals surface area contributed by atoms with Crippen molar-refractivity contribution in [1.29, 1.82) is 0 Å². The maximum atomic E-state index is 13.0. The van der Waals surface area contributed by atoms with Gasteiger partial charge in [-0.25, -0.2) is 9.78 Å². The lowest BCUT2D eigenvalue weighted by atomic mass is 10.2. The Morgan fingerprint density at radius 1 is 1.12 bits per heavy atom. The number of fused-ring (bicyclic) bond motifs is 1. The molecule has 4 aromatic rings. The smallest absolute Gasteiger partial charge is 0.348 e. The predicted molar refractivity (Wildman–Crippen MR) is 130 cm³/mol. The topological polar surface area (TPSA) is 90.3 Å². The molecule has 0 fully saturated rings. The molecule has 0 radical (unpaired) electrons. The molecule has 0 aliphatic carbocycles. The standard InChI is InChI=1S/C24H21N3O4S2/c1-3-31-24(30)21-15(2)20-22(33-21)25-14-27(23(20)29)13-19(28)26-17-11-7-8-12-18(17)32-16-9-5-4-6-10-16/h4-12,14H,3,13H2,1-2H3,(H,26,28). The molecule has 2 aromatic carbocycles. The lowest BCUT2D eigenvalue weighted by molar-refractivity contribution is -0.116. The molecule has 0 atom stereocenters. The largest absolute Gasteiger partial charge is 0.462 e. The molecule has 0 aliphatic rings. The van der Waals surface area contributed by atoms with Crippen molar-refractivity contribution >= 4 is 50.9 Å². The van der Waals surface area contributed by atoms with Gasteiger partial charge in [0, 0.05) is 9.79 Å². The number of carbonyl (C=O) groups is 2. The summed E-state index contributed by atoms with van der Waals surface area (Å²) in [6, 6.07) is 17.4. The highest BCUT2D eigenvalue weighted by Crippen LogP contribution is 2.33. The first-order chi connectivity index (χ1) is 16.0. The highest BCUT2D eigenvalue weighted by molar-refractivity contribution is 7.99. The number of para-hydroxylation sites is 1. The van der Waals surface area contributed by atoms with E-state index in [1.54, 1.807) is 25.6 Å². The zero-order valence-electron chi connectivity index (χ0n) is 18.0. The second-order valence-corrected chi connectivity index (χ2v) is 9.21. The van der Waals surface area contributed by atoms with E-state index >= 15 is 0 Å². The fourth-order valence-electron chi connectivity index (χ4n) is 3.28. The van der Waals surface area contributed by atoms with Gasteiger partial charge in [-0.15, -0.1) is 11.3 Å². The average molecular weight is 480 g/mol. The minimum Gasteiger partial charge on any atom is -0.462 e. The number of ether oxygens (including phenoxy) is 1. The van der Waals surface area contributed by atoms with Crippen LogP contribution in [0.3, 0.4) is 0 Å². The Labute approximate surface area is 198 Å². The fourth-order valence-corrected chi connectivity index (χ4v) is 5.24. The zero-order chi connectivity index (χ0) is 23.4. The quantitative estimate of drug-likeness (QED) is 0.385. The highest BCUT2D eigenvalue weighted by atomic mass is 32.2. The monoisotopic (exact) mass is 479 g/mol. The first-order valence-corrected chi connectivity index (χ1v) is 11.9. The number of hydrogen-bond acceptors (Lipinski definition) is 7. The maximum absolute atomic E-state index is 13.0. The molecule has 168 valence electrons. The number of rotatable bonds is 7. The van der Waals surface area contributed by atoms with Crippen molar-refractivity contribution in [3.05, 3.63) is 81.7 Å². The Kier molecular flexibility index (Phi) is 6.90. The number of thiophene rings is 1. The summed E-state index contributed by atoms with van der Waals surface area (Å²) in [5.74, 6) is -0.827. The Morgan fingerprint density at radius 3 is 2.61 bits per heavy atom. The van der Waals surface area contributed by atoms with E-state index in [2.05, 4.69) is 10.3 Å². The maximum Gasteiger partial charge on any atom is 0.348 e. The molecule has 1 N–H and O–H groups in total. The number of carbonyl (C=O) groups excluding carboxylic acids is 2. The number of anilines is 1. The van der Waals surface area contributed by atoms with Crippen LogP contribution in [0.25, 0.3) is 10.2 Å². The molecule has 0 bridgehead atoms. The summed E-state index contributed by atoms with van der Waals surface area (Å²) in [7, 11) is 0. The van der Waals surface area contributed by atoms with Crippen molar-refractivity contribution in [2.24, 2.45) is 0 Å². The molecule has 2 aromatic heterocycles. The summed E-state index contributed by atoms with van der Waals surface area (Å²) >= 11 is 2.66. The van der Waals surface area contributed by atoms with Gasteiger partial charge in [0.25, 0.3) is 5.56 Å². The van der Waals surface area contributed by atoms with E-state index in [1.807, 2.05) is 54.6 Å². The van der Waals surface area contributed by atoms with Crippen LogP contribution in [0, 0.1) is 6.92 Å². The van der Waals surface area contributed by atoms with E-state index in [-0.39, 0.29) is 24.6 Å². The van der Waals surface area contributed by atoms with Gasteiger partial charge in [-0.2, -0.15) is 0 Å². The first kappa shape index (κ1) is 22.8. The van der Waals surface area contributed by atoms with Crippen molar-refractivity contribution in [1.82, 2.24) is 9.55 Å². The number of esters is 1. The molecular weight excluding hydrogens is 458 g/mol. The molecule has 4 rings (SSSR count). The van der Waals surface area contributed by atoms with Crippen molar-refractivity contribution < 1.29 is 14.3 Å². The molecule has 0 aliphatic heterocycles. The molecule has 1 amide bonds. The second kappa shape index (κ2) is 10.0. The summed E-state index contributed by atoms with van der Waals surface area (Å²) in [5.41, 5.74) is 0.812. The molecule has 0 unspecified atom stereocenters. The molecule has 0 saturated heterocycles. The average Bonchev–Trinajstić information content (AvgIpc) is 3.15. The summed E-state index contributed by atoms with van der Waals surface area (Å²) in [4.78, 5) is 45.0. The van der Waals surface area contributed by atoms with Gasteiger partial charge < -0.3 is 10.1 Å². The van der Waals surface area contributed by atoms with Crippen LogP contribution < -0.4 is 10.9 Å². The van der Waals surface area contributed by atoms with E-state index in [4.69, 9.17) is 4.74 Å². The number of aryl methyl sites for hydroxylation is 1. The Balaban J connectivity index is 1.55. The third kappa shape index (κ3) is 4.99. The Morgan fingerprint density at radius 2 is 1.85 bits per heavy atom. The number of benzene rings is 2. The molecule has 0 spiro atoms. The normalized spacial score (nSPS) is 10.8. The summed E-state index contributed by atoms with van der Waals surface area (Å²) < 4.78 is 6.31. The van der Waals surface area contributed by atoms with Crippen LogP contribution in [0.5, 0.6) is 0 Å². The van der Waals surface area contributed by atoms with Crippen LogP contribution in [0.1, 0.15) is 22.2 Å². The molecule has 7 nitrogen and oxygen atoms in total. The van der Waals surface area contributed by atoms with Crippen molar-refractivity contribution in [3.63, 3.8) is 0 Å². The van der Waals surface area contributed by atoms with Crippen molar-refractivity contribution in [3.8, 4) is 0 Å². The van der Waals surface area contributed by atoms with E-state index in [9.17, 15) is 14.4 Å². The number of hydrogen-bond donors (Lipinski definition) is 1. The van der Waals surface area contributed by atoms with Gasteiger partial charge >= 0.3 is 5.97 Å². The lowest BCUT2D eigenvalue weighted by Gasteiger charge is -2.11. The molecule has 9 heteroatoms. The van der Waals surface area contributed by atoms with Crippen molar-refractivity contribution in [2.45, 2.75) is 30.2 Å². The Hall–Kier alpha value is -3.43. The number of nitrogens with zero attached hydrogens (tertiary/aromatic N) is 2. The third-order valence-corrected chi connectivity index (χ3v) is 7.09. The van der Waals surface area contributed by atoms with Crippen LogP contribution in [-0.4, -0.2) is 28.0 Å².